The Balaban J connectivity index is 1.83. The van der Waals surface area contributed by atoms with Gasteiger partial charge in [-0.15, -0.1) is 0 Å². The van der Waals surface area contributed by atoms with Gasteiger partial charge in [0.2, 0.25) is 0 Å². The van der Waals surface area contributed by atoms with Crippen molar-refractivity contribution in [1.29, 1.82) is 0 Å². The maximum atomic E-state index is 12.3. The van der Waals surface area contributed by atoms with Gasteiger partial charge in [0.05, 0.1) is 5.92 Å². The minimum Gasteiger partial charge on any atom is -0.299 e. The number of nitrogens with zero attached hydrogens (tertiary/aromatic N) is 1. The Hall–Kier alpha value is -1.51. The monoisotopic (exact) mass is 229 g/mol. The zero-order chi connectivity index (χ0) is 11.8. The van der Waals surface area contributed by atoms with Gasteiger partial charge < -0.3 is 0 Å². The summed E-state index contributed by atoms with van der Waals surface area (Å²) >= 11 is 0. The van der Waals surface area contributed by atoms with Gasteiger partial charge in [-0.3, -0.25) is 14.6 Å². The van der Waals surface area contributed by atoms with Crippen LogP contribution in [0.2, 0.25) is 0 Å². The molecule has 3 rings (SSSR count). The summed E-state index contributed by atoms with van der Waals surface area (Å²) in [7, 11) is 0. The van der Waals surface area contributed by atoms with Crippen molar-refractivity contribution < 1.29 is 9.59 Å². The lowest BCUT2D eigenvalue weighted by Crippen LogP contribution is -2.27. The molecule has 0 amide bonds. The number of hydrogen-bond acceptors (Lipinski definition) is 3. The number of hydrogen-bond donors (Lipinski definition) is 0. The molecule has 0 N–H and O–H groups in total. The standard InChI is InChI=1S/C14H15NO2/c16-13(10-5-6-10)12(9-3-4-9)14(17)11-2-1-7-15-8-11/h1-2,7-10,12H,3-6H2. The first kappa shape index (κ1) is 10.6. The number of rotatable bonds is 5. The van der Waals surface area contributed by atoms with Crippen LogP contribution in [0.25, 0.3) is 0 Å². The molecule has 0 bridgehead atoms. The molecular weight excluding hydrogens is 214 g/mol. The minimum absolute atomic E-state index is 0.0162. The molecule has 3 heteroatoms. The molecule has 88 valence electrons. The lowest BCUT2D eigenvalue weighted by atomic mass is 9.88. The maximum absolute atomic E-state index is 12.3. The molecule has 2 fully saturated rings. The van der Waals surface area contributed by atoms with E-state index >= 15 is 0 Å². The molecule has 1 aromatic heterocycles. The van der Waals surface area contributed by atoms with Gasteiger partial charge in [0.25, 0.3) is 0 Å². The molecular formula is C14H15NO2. The molecule has 2 saturated carbocycles. The van der Waals surface area contributed by atoms with Crippen molar-refractivity contribution in [3.8, 4) is 0 Å². The van der Waals surface area contributed by atoms with Crippen LogP contribution in [0.3, 0.4) is 0 Å². The highest BCUT2D eigenvalue weighted by atomic mass is 16.2. The molecule has 0 aromatic carbocycles. The van der Waals surface area contributed by atoms with Crippen LogP contribution in [0.5, 0.6) is 0 Å². The molecule has 1 unspecified atom stereocenters. The largest absolute Gasteiger partial charge is 0.299 e. The van der Waals surface area contributed by atoms with E-state index in [4.69, 9.17) is 0 Å². The molecule has 1 atom stereocenters. The van der Waals surface area contributed by atoms with Crippen LogP contribution in [0.15, 0.2) is 24.5 Å². The summed E-state index contributed by atoms with van der Waals surface area (Å²) in [5.74, 6) is 0.252. The van der Waals surface area contributed by atoms with Gasteiger partial charge in [0.15, 0.2) is 5.78 Å². The van der Waals surface area contributed by atoms with Crippen LogP contribution in [0.1, 0.15) is 36.0 Å². The highest BCUT2D eigenvalue weighted by Gasteiger charge is 2.46. The Labute approximate surface area is 100 Å². The molecule has 0 spiro atoms. The van der Waals surface area contributed by atoms with E-state index in [0.29, 0.717) is 11.5 Å². The average molecular weight is 229 g/mol. The maximum Gasteiger partial charge on any atom is 0.175 e. The second kappa shape index (κ2) is 4.06. The summed E-state index contributed by atoms with van der Waals surface area (Å²) in [5, 5.41) is 0. The fraction of sp³-hybridized carbons (Fsp3) is 0.500. The van der Waals surface area contributed by atoms with Crippen molar-refractivity contribution in [2.75, 3.05) is 0 Å². The normalized spacial score (nSPS) is 20.9. The van der Waals surface area contributed by atoms with Gasteiger partial charge in [-0.25, -0.2) is 0 Å². The summed E-state index contributed by atoms with van der Waals surface area (Å²) in [4.78, 5) is 28.5. The highest BCUT2D eigenvalue weighted by molar-refractivity contribution is 6.12. The predicted octanol–water partition coefficient (Wildman–Crippen LogP) is 2.27. The van der Waals surface area contributed by atoms with Crippen LogP contribution in [0.4, 0.5) is 0 Å². The van der Waals surface area contributed by atoms with Gasteiger partial charge in [-0.05, 0) is 43.7 Å². The highest BCUT2D eigenvalue weighted by Crippen LogP contribution is 2.43. The lowest BCUT2D eigenvalue weighted by molar-refractivity contribution is -0.123. The third kappa shape index (κ3) is 2.14. The van der Waals surface area contributed by atoms with E-state index in [2.05, 4.69) is 4.98 Å². The molecule has 1 aromatic rings. The van der Waals surface area contributed by atoms with Crippen molar-refractivity contribution in [3.63, 3.8) is 0 Å². The summed E-state index contributed by atoms with van der Waals surface area (Å²) in [6.07, 6.45) is 7.21. The Morgan fingerprint density at radius 1 is 1.24 bits per heavy atom. The summed E-state index contributed by atoms with van der Waals surface area (Å²) in [6.45, 7) is 0. The average Bonchev–Trinajstić information content (AvgIpc) is 3.21. The van der Waals surface area contributed by atoms with Gasteiger partial charge in [0, 0.05) is 23.9 Å². The quantitative estimate of drug-likeness (QED) is 0.574. The number of carbonyl (C=O) groups is 2. The van der Waals surface area contributed by atoms with E-state index in [1.165, 1.54) is 0 Å². The molecule has 0 saturated heterocycles. The summed E-state index contributed by atoms with van der Waals surface area (Å²) < 4.78 is 0. The lowest BCUT2D eigenvalue weighted by Gasteiger charge is -2.13. The van der Waals surface area contributed by atoms with Crippen molar-refractivity contribution >= 4 is 11.6 Å². The zero-order valence-electron chi connectivity index (χ0n) is 9.63. The second-order valence-corrected chi connectivity index (χ2v) is 5.10. The van der Waals surface area contributed by atoms with Gasteiger partial charge in [0.1, 0.15) is 5.78 Å². The first-order chi connectivity index (χ1) is 8.27. The predicted molar refractivity (Wildman–Crippen MR) is 62.5 cm³/mol. The summed E-state index contributed by atoms with van der Waals surface area (Å²) in [6, 6.07) is 3.50. The second-order valence-electron chi connectivity index (χ2n) is 5.10. The third-order valence-electron chi connectivity index (χ3n) is 3.61. The van der Waals surface area contributed by atoms with Crippen LogP contribution in [-0.4, -0.2) is 16.6 Å². The van der Waals surface area contributed by atoms with Crippen LogP contribution < -0.4 is 0 Å². The Morgan fingerprint density at radius 2 is 2.00 bits per heavy atom. The smallest absolute Gasteiger partial charge is 0.175 e. The van der Waals surface area contributed by atoms with Crippen molar-refractivity contribution in [2.24, 2.45) is 17.8 Å². The fourth-order valence-corrected chi connectivity index (χ4v) is 2.32. The number of carbonyl (C=O) groups excluding carboxylic acids is 2. The Kier molecular flexibility index (Phi) is 2.54. The SMILES string of the molecule is O=C(c1cccnc1)C(C(=O)C1CC1)C1CC1. The fourth-order valence-electron chi connectivity index (χ4n) is 2.32. The van der Waals surface area contributed by atoms with Crippen molar-refractivity contribution in [2.45, 2.75) is 25.7 Å². The van der Waals surface area contributed by atoms with E-state index in [9.17, 15) is 9.59 Å². The van der Waals surface area contributed by atoms with Crippen molar-refractivity contribution in [1.82, 2.24) is 4.98 Å². The molecule has 2 aliphatic carbocycles. The van der Waals surface area contributed by atoms with E-state index in [1.807, 2.05) is 0 Å². The van der Waals surface area contributed by atoms with E-state index < -0.39 is 0 Å². The number of Topliss-reactive ketones (excluding diaryl/α,β-unsaturated/α-hetero) is 2. The van der Waals surface area contributed by atoms with Crippen LogP contribution in [0, 0.1) is 17.8 Å². The number of aromatic nitrogens is 1. The molecule has 3 nitrogen and oxygen atoms in total. The molecule has 0 radical (unpaired) electrons. The molecule has 1 heterocycles. The molecule has 2 aliphatic rings. The molecule has 0 aliphatic heterocycles. The third-order valence-corrected chi connectivity index (χ3v) is 3.61. The van der Waals surface area contributed by atoms with Crippen LogP contribution >= 0.6 is 0 Å². The Bertz CT molecular complexity index is 447. The number of ketones is 2. The van der Waals surface area contributed by atoms with Gasteiger partial charge in [-0.1, -0.05) is 0 Å². The van der Waals surface area contributed by atoms with E-state index in [1.54, 1.807) is 24.5 Å². The van der Waals surface area contributed by atoms with E-state index in [0.717, 1.165) is 25.7 Å². The topological polar surface area (TPSA) is 47.0 Å². The Morgan fingerprint density at radius 3 is 2.53 bits per heavy atom. The van der Waals surface area contributed by atoms with Crippen LogP contribution in [-0.2, 0) is 4.79 Å². The molecule has 17 heavy (non-hydrogen) atoms. The van der Waals surface area contributed by atoms with Gasteiger partial charge >= 0.3 is 0 Å². The number of pyridine rings is 1. The van der Waals surface area contributed by atoms with Crippen molar-refractivity contribution in [3.05, 3.63) is 30.1 Å². The first-order valence-corrected chi connectivity index (χ1v) is 6.25. The first-order valence-electron chi connectivity index (χ1n) is 6.25. The van der Waals surface area contributed by atoms with Gasteiger partial charge in [-0.2, -0.15) is 0 Å². The van der Waals surface area contributed by atoms with E-state index in [-0.39, 0.29) is 23.4 Å². The summed E-state index contributed by atoms with van der Waals surface area (Å²) in [5.41, 5.74) is 0.582. The minimum atomic E-state index is -0.383. The zero-order valence-corrected chi connectivity index (χ0v) is 9.63.